The van der Waals surface area contributed by atoms with Crippen molar-refractivity contribution in [3.05, 3.63) is 59.9 Å². The van der Waals surface area contributed by atoms with Gasteiger partial charge in [-0.1, -0.05) is 45.0 Å². The van der Waals surface area contributed by atoms with E-state index in [1.165, 1.54) is 5.56 Å². The van der Waals surface area contributed by atoms with Crippen LogP contribution in [-0.2, 0) is 5.41 Å². The number of nitriles is 1. The van der Waals surface area contributed by atoms with Crippen molar-refractivity contribution in [1.82, 2.24) is 4.98 Å². The largest absolute Gasteiger partial charge is 0.463 e. The first kappa shape index (κ1) is 15.8. The molecule has 0 saturated carbocycles. The molecule has 3 rings (SSSR count). The summed E-state index contributed by atoms with van der Waals surface area (Å²) in [4.78, 5) is 4.40. The Hall–Kier alpha value is -3.06. The molecule has 0 unspecified atom stereocenters. The van der Waals surface area contributed by atoms with Crippen LogP contribution in [0.5, 0.6) is 0 Å². The van der Waals surface area contributed by atoms with Gasteiger partial charge < -0.3 is 10.2 Å². The first-order chi connectivity index (χ1) is 11.4. The van der Waals surface area contributed by atoms with Gasteiger partial charge in [-0.15, -0.1) is 0 Å². The highest BCUT2D eigenvalue weighted by Crippen LogP contribution is 2.34. The van der Waals surface area contributed by atoms with Crippen molar-refractivity contribution in [2.45, 2.75) is 26.2 Å². The van der Waals surface area contributed by atoms with E-state index in [1.54, 1.807) is 18.4 Å². The van der Waals surface area contributed by atoms with E-state index < -0.39 is 0 Å². The highest BCUT2D eigenvalue weighted by Gasteiger charge is 2.17. The third-order valence-corrected chi connectivity index (χ3v) is 3.99. The Morgan fingerprint density at radius 1 is 1.12 bits per heavy atom. The topological polar surface area (TPSA) is 75.8 Å². The van der Waals surface area contributed by atoms with Crippen molar-refractivity contribution in [2.75, 3.05) is 5.73 Å². The number of nitrogens with two attached hydrogens (primary N) is 1. The van der Waals surface area contributed by atoms with Crippen LogP contribution in [0, 0.1) is 11.3 Å². The molecule has 3 aromatic rings. The zero-order chi connectivity index (χ0) is 17.3. The summed E-state index contributed by atoms with van der Waals surface area (Å²) in [5.41, 5.74) is 10.0. The molecule has 0 spiro atoms. The zero-order valence-corrected chi connectivity index (χ0v) is 14.0. The summed E-state index contributed by atoms with van der Waals surface area (Å²) >= 11 is 0. The van der Waals surface area contributed by atoms with Gasteiger partial charge in [0.05, 0.1) is 11.8 Å². The summed E-state index contributed by atoms with van der Waals surface area (Å²) in [6.45, 7) is 6.53. The lowest BCUT2D eigenvalue weighted by molar-refractivity contribution is 0.580. The smallest absolute Gasteiger partial charge is 0.152 e. The van der Waals surface area contributed by atoms with Crippen LogP contribution in [-0.4, -0.2) is 4.98 Å². The predicted octanol–water partition coefficient (Wildman–Crippen LogP) is 4.76. The molecule has 4 nitrogen and oxygen atoms in total. The van der Waals surface area contributed by atoms with E-state index in [1.807, 2.05) is 18.2 Å². The summed E-state index contributed by atoms with van der Waals surface area (Å²) in [5.74, 6) is 0.833. The maximum absolute atomic E-state index is 9.27. The maximum Gasteiger partial charge on any atom is 0.152 e. The number of nitrogen functional groups attached to an aromatic ring is 1. The van der Waals surface area contributed by atoms with Gasteiger partial charge in [0.1, 0.15) is 17.6 Å². The zero-order valence-electron chi connectivity index (χ0n) is 14.0. The normalized spacial score (nSPS) is 11.2. The van der Waals surface area contributed by atoms with E-state index in [0.717, 1.165) is 11.1 Å². The molecule has 120 valence electrons. The fourth-order valence-corrected chi connectivity index (χ4v) is 2.59. The second-order valence-electron chi connectivity index (χ2n) is 6.73. The van der Waals surface area contributed by atoms with E-state index in [4.69, 9.17) is 10.2 Å². The van der Waals surface area contributed by atoms with Crippen molar-refractivity contribution < 1.29 is 4.42 Å². The Balaban J connectivity index is 2.18. The number of anilines is 1. The third-order valence-electron chi connectivity index (χ3n) is 3.99. The molecule has 0 radical (unpaired) electrons. The van der Waals surface area contributed by atoms with Gasteiger partial charge in [-0.3, -0.25) is 0 Å². The molecular formula is C20H19N3O. The van der Waals surface area contributed by atoms with E-state index in [2.05, 4.69) is 44.0 Å². The van der Waals surface area contributed by atoms with Gasteiger partial charge in [0.2, 0.25) is 0 Å². The lowest BCUT2D eigenvalue weighted by atomic mass is 9.86. The summed E-state index contributed by atoms with van der Waals surface area (Å²) in [6.07, 6.45) is 1.60. The molecule has 0 saturated heterocycles. The predicted molar refractivity (Wildman–Crippen MR) is 95.2 cm³/mol. The number of furan rings is 1. The van der Waals surface area contributed by atoms with Crippen LogP contribution in [0.2, 0.25) is 0 Å². The van der Waals surface area contributed by atoms with E-state index in [0.29, 0.717) is 17.0 Å². The molecule has 2 N–H and O–H groups in total. The van der Waals surface area contributed by atoms with Gasteiger partial charge in [0.25, 0.3) is 0 Å². The van der Waals surface area contributed by atoms with Crippen LogP contribution in [0.15, 0.2) is 53.1 Å². The van der Waals surface area contributed by atoms with Crippen molar-refractivity contribution in [3.8, 4) is 28.7 Å². The Labute approximate surface area is 141 Å². The number of benzene rings is 1. The molecule has 0 fully saturated rings. The quantitative estimate of drug-likeness (QED) is 0.739. The fourth-order valence-electron chi connectivity index (χ4n) is 2.59. The first-order valence-corrected chi connectivity index (χ1v) is 7.75. The SMILES string of the molecule is CC(C)(C)c1ccc(-c2cc(C#N)c(N)nc2-c2ccco2)cc1. The molecule has 0 aliphatic heterocycles. The Morgan fingerprint density at radius 2 is 1.83 bits per heavy atom. The fraction of sp³-hybridized carbons (Fsp3) is 0.200. The van der Waals surface area contributed by atoms with E-state index >= 15 is 0 Å². The summed E-state index contributed by atoms with van der Waals surface area (Å²) in [6, 6.07) is 15.8. The maximum atomic E-state index is 9.27. The number of hydrogen-bond donors (Lipinski definition) is 1. The minimum Gasteiger partial charge on any atom is -0.463 e. The van der Waals surface area contributed by atoms with E-state index in [9.17, 15) is 5.26 Å². The standard InChI is InChI=1S/C20H19N3O/c1-20(2,3)15-8-6-13(7-9-15)16-11-14(12-21)19(22)23-18(16)17-5-4-10-24-17/h4-11H,1-3H3,(H2,22,23). The second-order valence-corrected chi connectivity index (χ2v) is 6.73. The van der Waals surface area contributed by atoms with Gasteiger partial charge >= 0.3 is 0 Å². The third kappa shape index (κ3) is 2.89. The molecule has 0 amide bonds. The molecule has 1 aromatic carbocycles. The number of pyridine rings is 1. The van der Waals surface area contributed by atoms with Crippen LogP contribution in [0.3, 0.4) is 0 Å². The van der Waals surface area contributed by atoms with Crippen LogP contribution in [0.4, 0.5) is 5.82 Å². The minimum absolute atomic E-state index is 0.0829. The van der Waals surface area contributed by atoms with Crippen molar-refractivity contribution in [1.29, 1.82) is 5.26 Å². The lowest BCUT2D eigenvalue weighted by Crippen LogP contribution is -2.10. The number of nitrogens with zero attached hydrogens (tertiary/aromatic N) is 2. The molecule has 24 heavy (non-hydrogen) atoms. The highest BCUT2D eigenvalue weighted by molar-refractivity contribution is 5.81. The monoisotopic (exact) mass is 317 g/mol. The molecule has 0 aliphatic carbocycles. The summed E-state index contributed by atoms with van der Waals surface area (Å²) in [7, 11) is 0. The average Bonchev–Trinajstić information content (AvgIpc) is 3.08. The van der Waals surface area contributed by atoms with Crippen LogP contribution in [0.1, 0.15) is 31.9 Å². The summed E-state index contributed by atoms with van der Waals surface area (Å²) in [5, 5.41) is 9.27. The van der Waals surface area contributed by atoms with E-state index in [-0.39, 0.29) is 11.2 Å². The molecule has 4 heteroatoms. The molecule has 2 heterocycles. The lowest BCUT2D eigenvalue weighted by Gasteiger charge is -2.19. The highest BCUT2D eigenvalue weighted by atomic mass is 16.3. The van der Waals surface area contributed by atoms with Crippen LogP contribution < -0.4 is 5.73 Å². The minimum atomic E-state index is 0.0829. The van der Waals surface area contributed by atoms with Gasteiger partial charge in [-0.2, -0.15) is 5.26 Å². The Morgan fingerprint density at radius 3 is 2.38 bits per heavy atom. The van der Waals surface area contributed by atoms with Crippen molar-refractivity contribution in [2.24, 2.45) is 0 Å². The van der Waals surface area contributed by atoms with Crippen LogP contribution >= 0.6 is 0 Å². The van der Waals surface area contributed by atoms with Crippen LogP contribution in [0.25, 0.3) is 22.6 Å². The van der Waals surface area contributed by atoms with Gasteiger partial charge in [-0.05, 0) is 34.7 Å². The number of hydrogen-bond acceptors (Lipinski definition) is 4. The van der Waals surface area contributed by atoms with Gasteiger partial charge in [0, 0.05) is 5.56 Å². The summed E-state index contributed by atoms with van der Waals surface area (Å²) < 4.78 is 5.49. The Kier molecular flexibility index (Phi) is 3.86. The van der Waals surface area contributed by atoms with Gasteiger partial charge in [0.15, 0.2) is 5.76 Å². The number of rotatable bonds is 2. The molecule has 0 bridgehead atoms. The molecule has 0 atom stereocenters. The molecule has 0 aliphatic rings. The first-order valence-electron chi connectivity index (χ1n) is 7.75. The molecule has 2 aromatic heterocycles. The number of aromatic nitrogens is 1. The van der Waals surface area contributed by atoms with Crippen molar-refractivity contribution in [3.63, 3.8) is 0 Å². The Bertz CT molecular complexity index is 896. The van der Waals surface area contributed by atoms with Crippen molar-refractivity contribution >= 4 is 5.82 Å². The van der Waals surface area contributed by atoms with Gasteiger partial charge in [-0.25, -0.2) is 4.98 Å². The average molecular weight is 317 g/mol. The molecular weight excluding hydrogens is 298 g/mol. The second kappa shape index (κ2) is 5.86.